The minimum absolute atomic E-state index is 0.0354. The average Bonchev–Trinajstić information content (AvgIpc) is 3.29. The van der Waals surface area contributed by atoms with Crippen molar-refractivity contribution in [2.45, 2.75) is 87.7 Å². The number of fused-ring (bicyclic) bond motifs is 7. The lowest BCUT2D eigenvalue weighted by atomic mass is 9.46. The smallest absolute Gasteiger partial charge is 0.297 e. The fraction of sp³-hybridized carbons (Fsp3) is 0.613. The standard InChI is InChI=1S/C31H37ClO8S/c1-17-6-8-19(9-7-17)41(36,37)38-16-25(35)31-26(39-28(2,3)40-31)14-21-20-13-23(32)22-12-18(33)10-11-29(22,4)27(20)24(34)15-30(21,31)5/h6-12,20-21,23-24,26-27,34H,13-16H2,1-5H3/t20-,21-,23-,24-,26+,27+,29-,30-,31+/m0/s1. The van der Waals surface area contributed by atoms with Crippen LogP contribution in [0.15, 0.2) is 53.0 Å². The predicted molar refractivity (Wildman–Crippen MR) is 151 cm³/mol. The van der Waals surface area contributed by atoms with Crippen LogP contribution in [0.3, 0.4) is 0 Å². The van der Waals surface area contributed by atoms with Gasteiger partial charge in [-0.1, -0.05) is 37.6 Å². The molecule has 41 heavy (non-hydrogen) atoms. The van der Waals surface area contributed by atoms with Gasteiger partial charge < -0.3 is 14.6 Å². The lowest BCUT2D eigenvalue weighted by Crippen LogP contribution is -2.64. The van der Waals surface area contributed by atoms with Gasteiger partial charge >= 0.3 is 0 Å². The minimum Gasteiger partial charge on any atom is -0.393 e. The molecular formula is C31H37ClO8S. The molecule has 5 aliphatic rings. The molecule has 0 radical (unpaired) electrons. The molecule has 4 fully saturated rings. The number of alkyl halides is 1. The highest BCUT2D eigenvalue weighted by molar-refractivity contribution is 7.86. The van der Waals surface area contributed by atoms with Gasteiger partial charge in [-0.15, -0.1) is 11.6 Å². The first-order valence-electron chi connectivity index (χ1n) is 14.2. The SMILES string of the molecule is Cc1ccc(S(=O)(=O)OCC(=O)[C@@]23OC(C)(C)O[C@@H]2C[C@H]2[C@@H]4C[C@H](Cl)C5=CC(=O)C=C[C@]5(C)[C@H]4[C@@H](O)C[C@@]23C)cc1. The number of rotatable bonds is 5. The van der Waals surface area contributed by atoms with Gasteiger partial charge in [-0.2, -0.15) is 8.42 Å². The van der Waals surface area contributed by atoms with E-state index in [-0.39, 0.29) is 34.9 Å². The third kappa shape index (κ3) is 4.18. The van der Waals surface area contributed by atoms with E-state index >= 15 is 0 Å². The number of benzene rings is 1. The van der Waals surface area contributed by atoms with Crippen molar-refractivity contribution in [3.8, 4) is 0 Å². The van der Waals surface area contributed by atoms with Crippen LogP contribution >= 0.6 is 11.6 Å². The fourth-order valence-electron chi connectivity index (χ4n) is 8.94. The number of halogens is 1. The molecule has 8 nitrogen and oxygen atoms in total. The Hall–Kier alpha value is -1.88. The van der Waals surface area contributed by atoms with Gasteiger partial charge in [0.2, 0.25) is 0 Å². The molecule has 222 valence electrons. The monoisotopic (exact) mass is 604 g/mol. The van der Waals surface area contributed by atoms with Crippen molar-refractivity contribution in [1.29, 1.82) is 0 Å². The highest BCUT2D eigenvalue weighted by Gasteiger charge is 2.77. The second kappa shape index (κ2) is 9.31. The van der Waals surface area contributed by atoms with Crippen LogP contribution in [0.5, 0.6) is 0 Å². The highest BCUT2D eigenvalue weighted by atomic mass is 35.5. The summed E-state index contributed by atoms with van der Waals surface area (Å²) in [4.78, 5) is 26.4. The van der Waals surface area contributed by atoms with Crippen LogP contribution in [0.4, 0.5) is 0 Å². The molecule has 6 rings (SSSR count). The maximum absolute atomic E-state index is 14.2. The van der Waals surface area contributed by atoms with Crippen molar-refractivity contribution in [3.63, 3.8) is 0 Å². The zero-order chi connectivity index (χ0) is 29.8. The van der Waals surface area contributed by atoms with Crippen LogP contribution in [0.25, 0.3) is 0 Å². The predicted octanol–water partition coefficient (Wildman–Crippen LogP) is 4.27. The molecule has 0 unspecified atom stereocenters. The van der Waals surface area contributed by atoms with E-state index in [1.165, 1.54) is 12.1 Å². The number of carbonyl (C=O) groups is 2. The van der Waals surface area contributed by atoms with Gasteiger partial charge in [0.1, 0.15) is 6.61 Å². The second-order valence-electron chi connectivity index (χ2n) is 13.3. The summed E-state index contributed by atoms with van der Waals surface area (Å²) in [6.45, 7) is 8.58. The number of ether oxygens (including phenoxy) is 2. The first kappa shape index (κ1) is 29.2. The molecule has 10 heteroatoms. The molecule has 3 saturated carbocycles. The van der Waals surface area contributed by atoms with Crippen molar-refractivity contribution >= 4 is 33.3 Å². The second-order valence-corrected chi connectivity index (χ2v) is 15.5. The molecule has 9 atom stereocenters. The normalized spacial score (nSPS) is 42.6. The molecule has 0 bridgehead atoms. The molecule has 1 aromatic rings. The van der Waals surface area contributed by atoms with Gasteiger partial charge in [-0.25, -0.2) is 0 Å². The number of aliphatic hydroxyl groups is 1. The van der Waals surface area contributed by atoms with E-state index in [4.69, 9.17) is 25.3 Å². The highest BCUT2D eigenvalue weighted by Crippen LogP contribution is 2.70. The Kier molecular flexibility index (Phi) is 6.63. The first-order chi connectivity index (χ1) is 19.0. The number of aryl methyl sites for hydroxylation is 1. The quantitative estimate of drug-likeness (QED) is 0.391. The van der Waals surface area contributed by atoms with Crippen molar-refractivity contribution in [1.82, 2.24) is 0 Å². The average molecular weight is 605 g/mol. The summed E-state index contributed by atoms with van der Waals surface area (Å²) >= 11 is 6.93. The number of hydrogen-bond acceptors (Lipinski definition) is 8. The molecule has 1 saturated heterocycles. The largest absolute Gasteiger partial charge is 0.393 e. The molecule has 1 aliphatic heterocycles. The number of carbonyl (C=O) groups excluding carboxylic acids is 2. The van der Waals surface area contributed by atoms with Crippen LogP contribution in [-0.2, 0) is 33.4 Å². The Bertz CT molecular complexity index is 1460. The minimum atomic E-state index is -4.20. The third-order valence-electron chi connectivity index (χ3n) is 10.5. The molecule has 0 spiro atoms. The Labute approximate surface area is 246 Å². The molecule has 4 aliphatic carbocycles. The van der Waals surface area contributed by atoms with Crippen LogP contribution in [0.1, 0.15) is 52.5 Å². The van der Waals surface area contributed by atoms with E-state index in [9.17, 15) is 23.1 Å². The molecule has 1 aromatic carbocycles. The third-order valence-corrected chi connectivity index (χ3v) is 12.2. The number of allylic oxidation sites excluding steroid dienone is 4. The maximum atomic E-state index is 14.2. The zero-order valence-corrected chi connectivity index (χ0v) is 25.5. The van der Waals surface area contributed by atoms with Gasteiger partial charge in [0.15, 0.2) is 23.0 Å². The lowest BCUT2D eigenvalue weighted by molar-refractivity contribution is -0.225. The zero-order valence-electron chi connectivity index (χ0n) is 23.9. The van der Waals surface area contributed by atoms with E-state index in [2.05, 4.69) is 0 Å². The lowest BCUT2D eigenvalue weighted by Gasteiger charge is -2.60. The summed E-state index contributed by atoms with van der Waals surface area (Å²) in [6.07, 6.45) is 4.80. The van der Waals surface area contributed by atoms with E-state index in [1.807, 2.05) is 26.8 Å². The summed E-state index contributed by atoms with van der Waals surface area (Å²) in [5, 5.41) is 11.4. The molecule has 0 amide bonds. The molecule has 1 heterocycles. The van der Waals surface area contributed by atoms with Crippen molar-refractivity contribution < 1.29 is 36.8 Å². The van der Waals surface area contributed by atoms with Crippen LogP contribution in [0.2, 0.25) is 0 Å². The Balaban J connectivity index is 1.35. The van der Waals surface area contributed by atoms with E-state index in [0.717, 1.165) is 11.1 Å². The maximum Gasteiger partial charge on any atom is 0.297 e. The number of ketones is 2. The summed E-state index contributed by atoms with van der Waals surface area (Å²) in [7, 11) is -4.20. The van der Waals surface area contributed by atoms with Crippen molar-refractivity contribution in [2.24, 2.45) is 28.6 Å². The Morgan fingerprint density at radius 1 is 1.15 bits per heavy atom. The Morgan fingerprint density at radius 3 is 2.51 bits per heavy atom. The first-order valence-corrected chi connectivity index (χ1v) is 16.0. The van der Waals surface area contributed by atoms with E-state index in [0.29, 0.717) is 12.8 Å². The van der Waals surface area contributed by atoms with Gasteiger partial charge in [-0.05, 0) is 81.7 Å². The van der Waals surface area contributed by atoms with Crippen LogP contribution in [-0.4, -0.2) is 60.7 Å². The van der Waals surface area contributed by atoms with Crippen molar-refractivity contribution in [2.75, 3.05) is 6.61 Å². The van der Waals surface area contributed by atoms with Gasteiger partial charge in [0, 0.05) is 16.7 Å². The van der Waals surface area contributed by atoms with Gasteiger partial charge in [0.25, 0.3) is 10.1 Å². The van der Waals surface area contributed by atoms with Crippen LogP contribution < -0.4 is 0 Å². The van der Waals surface area contributed by atoms with E-state index < -0.39 is 62.3 Å². The molecular weight excluding hydrogens is 568 g/mol. The molecule has 1 N–H and O–H groups in total. The van der Waals surface area contributed by atoms with Gasteiger partial charge in [-0.3, -0.25) is 13.8 Å². The summed E-state index contributed by atoms with van der Waals surface area (Å²) in [5.41, 5.74) is -1.29. The van der Waals surface area contributed by atoms with E-state index in [1.54, 1.807) is 38.1 Å². The van der Waals surface area contributed by atoms with Crippen molar-refractivity contribution in [3.05, 3.63) is 53.6 Å². The van der Waals surface area contributed by atoms with Crippen LogP contribution in [0, 0.1) is 35.5 Å². The summed E-state index contributed by atoms with van der Waals surface area (Å²) in [6, 6.07) is 6.22. The topological polar surface area (TPSA) is 116 Å². The molecule has 0 aromatic heterocycles. The Morgan fingerprint density at radius 2 is 1.83 bits per heavy atom. The van der Waals surface area contributed by atoms with Gasteiger partial charge in [0.05, 0.1) is 22.5 Å². The fourth-order valence-corrected chi connectivity index (χ4v) is 10.3. The number of hydrogen-bond donors (Lipinski definition) is 1. The number of Topliss-reactive ketones (excluding diaryl/α,β-unsaturated/α-hetero) is 1. The number of aliphatic hydroxyl groups excluding tert-OH is 1. The summed E-state index contributed by atoms with van der Waals surface area (Å²) < 4.78 is 44.1. The summed E-state index contributed by atoms with van der Waals surface area (Å²) in [5.74, 6) is -2.14.